The van der Waals surface area contributed by atoms with Gasteiger partial charge in [-0.25, -0.2) is 8.78 Å². The lowest BCUT2D eigenvalue weighted by molar-refractivity contribution is -0.156. The average Bonchev–Trinajstić information content (AvgIpc) is 3.13. The first kappa shape index (κ1) is 21.9. The van der Waals surface area contributed by atoms with Gasteiger partial charge in [-0.3, -0.25) is 4.79 Å². The largest absolute Gasteiger partial charge is 0.443 e. The van der Waals surface area contributed by atoms with Crippen molar-refractivity contribution in [3.63, 3.8) is 0 Å². The lowest BCUT2D eigenvalue weighted by atomic mass is 9.93. The molecular weight excluding hydrogens is 388 g/mol. The maximum Gasteiger partial charge on any atom is 0.249 e. The number of hydrogen-bond acceptors (Lipinski definition) is 4. The van der Waals surface area contributed by atoms with Crippen molar-refractivity contribution in [2.75, 3.05) is 6.54 Å². The van der Waals surface area contributed by atoms with E-state index in [0.29, 0.717) is 19.4 Å². The van der Waals surface area contributed by atoms with Crippen molar-refractivity contribution in [2.24, 2.45) is 16.8 Å². The Morgan fingerprint density at radius 2 is 2.00 bits per heavy atom. The molecule has 1 amide bonds. The van der Waals surface area contributed by atoms with Crippen LogP contribution in [0.25, 0.3) is 0 Å². The second kappa shape index (κ2) is 8.92. The van der Waals surface area contributed by atoms with Gasteiger partial charge < -0.3 is 10.5 Å². The summed E-state index contributed by atoms with van der Waals surface area (Å²) in [6.45, 7) is 5.93. The Labute approximate surface area is 175 Å². The van der Waals surface area contributed by atoms with E-state index >= 15 is 0 Å². The second-order valence-corrected chi connectivity index (χ2v) is 7.67. The number of hydrazone groups is 1. The number of ether oxygens (including phenoxy) is 1. The van der Waals surface area contributed by atoms with Gasteiger partial charge in [0.25, 0.3) is 0 Å². The number of carbonyl (C=O) groups is 1. The molecule has 160 valence electrons. The van der Waals surface area contributed by atoms with Crippen molar-refractivity contribution in [3.05, 3.63) is 70.8 Å². The highest BCUT2D eigenvalue weighted by molar-refractivity contribution is 5.97. The zero-order valence-electron chi connectivity index (χ0n) is 17.5. The summed E-state index contributed by atoms with van der Waals surface area (Å²) in [6, 6.07) is 10.8. The lowest BCUT2D eigenvalue weighted by Crippen LogP contribution is -2.47. The van der Waals surface area contributed by atoms with Crippen LogP contribution in [-0.2, 0) is 21.7 Å². The molecule has 0 spiro atoms. The SMILES string of the molecule is CCc1cccc(C2(CCCN)OC(c3cc(F)ccc3F)=NN2C(=O)C(C)C)c1. The molecule has 0 bridgehead atoms. The van der Waals surface area contributed by atoms with Crippen molar-refractivity contribution < 1.29 is 18.3 Å². The summed E-state index contributed by atoms with van der Waals surface area (Å²) in [5.41, 5.74) is 6.14. The van der Waals surface area contributed by atoms with Crippen LogP contribution in [0.5, 0.6) is 0 Å². The molecule has 0 radical (unpaired) electrons. The fourth-order valence-corrected chi connectivity index (χ4v) is 3.50. The number of benzene rings is 2. The van der Waals surface area contributed by atoms with Crippen molar-refractivity contribution in [3.8, 4) is 0 Å². The molecular formula is C23H27F2N3O2. The van der Waals surface area contributed by atoms with E-state index in [4.69, 9.17) is 10.5 Å². The molecule has 2 aromatic rings. The van der Waals surface area contributed by atoms with Gasteiger partial charge in [-0.1, -0.05) is 39.0 Å². The van der Waals surface area contributed by atoms with E-state index in [9.17, 15) is 13.6 Å². The number of amides is 1. The van der Waals surface area contributed by atoms with Crippen molar-refractivity contribution >= 4 is 11.8 Å². The van der Waals surface area contributed by atoms with Crippen molar-refractivity contribution in [2.45, 2.75) is 45.8 Å². The van der Waals surface area contributed by atoms with Crippen molar-refractivity contribution in [1.82, 2.24) is 5.01 Å². The van der Waals surface area contributed by atoms with E-state index in [0.717, 1.165) is 35.7 Å². The smallest absolute Gasteiger partial charge is 0.249 e. The van der Waals surface area contributed by atoms with Gasteiger partial charge in [-0.15, -0.1) is 5.10 Å². The lowest BCUT2D eigenvalue weighted by Gasteiger charge is -2.36. The molecule has 1 atom stereocenters. The maximum absolute atomic E-state index is 14.5. The van der Waals surface area contributed by atoms with Gasteiger partial charge in [0.1, 0.15) is 11.6 Å². The summed E-state index contributed by atoms with van der Waals surface area (Å²) < 4.78 is 34.5. The van der Waals surface area contributed by atoms with Gasteiger partial charge in [-0.05, 0) is 49.2 Å². The molecule has 0 fully saturated rings. The number of halogens is 2. The van der Waals surface area contributed by atoms with E-state index in [-0.39, 0.29) is 23.3 Å². The van der Waals surface area contributed by atoms with Gasteiger partial charge >= 0.3 is 0 Å². The summed E-state index contributed by atoms with van der Waals surface area (Å²) in [7, 11) is 0. The quantitative estimate of drug-likeness (QED) is 0.733. The minimum atomic E-state index is -1.28. The zero-order valence-corrected chi connectivity index (χ0v) is 17.5. The third-order valence-corrected chi connectivity index (χ3v) is 5.17. The van der Waals surface area contributed by atoms with Crippen LogP contribution in [0.15, 0.2) is 47.6 Å². The Bertz CT molecular complexity index is 961. The number of nitrogens with two attached hydrogens (primary N) is 1. The normalized spacial score (nSPS) is 18.5. The van der Waals surface area contributed by atoms with E-state index in [1.165, 1.54) is 5.01 Å². The molecule has 5 nitrogen and oxygen atoms in total. The van der Waals surface area contributed by atoms with Crippen molar-refractivity contribution in [1.29, 1.82) is 0 Å². The second-order valence-electron chi connectivity index (χ2n) is 7.67. The maximum atomic E-state index is 14.5. The molecule has 0 saturated heterocycles. The Kier molecular flexibility index (Phi) is 6.51. The van der Waals surface area contributed by atoms with Gasteiger partial charge in [0.15, 0.2) is 0 Å². The number of hydrogen-bond donors (Lipinski definition) is 1. The highest BCUT2D eigenvalue weighted by Gasteiger charge is 2.50. The number of carbonyl (C=O) groups excluding carboxylic acids is 1. The van der Waals surface area contributed by atoms with E-state index < -0.39 is 17.4 Å². The van der Waals surface area contributed by atoms with Crippen LogP contribution in [0.1, 0.15) is 50.3 Å². The summed E-state index contributed by atoms with van der Waals surface area (Å²) >= 11 is 0. The Hall–Kier alpha value is -2.80. The van der Waals surface area contributed by atoms with Gasteiger partial charge in [0.05, 0.1) is 5.56 Å². The fourth-order valence-electron chi connectivity index (χ4n) is 3.50. The Morgan fingerprint density at radius 3 is 2.67 bits per heavy atom. The van der Waals surface area contributed by atoms with Crippen LogP contribution in [0.3, 0.4) is 0 Å². The third kappa shape index (κ3) is 4.07. The van der Waals surface area contributed by atoms with Crippen LogP contribution in [0.4, 0.5) is 8.78 Å². The molecule has 7 heteroatoms. The predicted molar refractivity (Wildman–Crippen MR) is 111 cm³/mol. The van der Waals surface area contributed by atoms with E-state index in [1.807, 2.05) is 31.2 Å². The minimum absolute atomic E-state index is 0.125. The molecule has 1 heterocycles. The average molecular weight is 415 g/mol. The summed E-state index contributed by atoms with van der Waals surface area (Å²) in [5.74, 6) is -2.07. The number of aryl methyl sites for hydroxylation is 1. The van der Waals surface area contributed by atoms with Crippen LogP contribution in [0.2, 0.25) is 0 Å². The van der Waals surface area contributed by atoms with E-state index in [1.54, 1.807) is 13.8 Å². The molecule has 3 rings (SSSR count). The molecule has 1 unspecified atom stereocenters. The molecule has 0 aliphatic carbocycles. The summed E-state index contributed by atoms with van der Waals surface area (Å²) in [4.78, 5) is 13.1. The first-order valence-corrected chi connectivity index (χ1v) is 10.2. The van der Waals surface area contributed by atoms with Crippen LogP contribution < -0.4 is 5.73 Å². The first-order valence-electron chi connectivity index (χ1n) is 10.2. The highest BCUT2D eigenvalue weighted by atomic mass is 19.1. The van der Waals surface area contributed by atoms with Crippen LogP contribution in [0, 0.1) is 17.6 Å². The Morgan fingerprint density at radius 1 is 1.23 bits per heavy atom. The van der Waals surface area contributed by atoms with E-state index in [2.05, 4.69) is 5.10 Å². The molecule has 2 N–H and O–H groups in total. The third-order valence-electron chi connectivity index (χ3n) is 5.17. The fraction of sp³-hybridized carbons (Fsp3) is 0.391. The summed E-state index contributed by atoms with van der Waals surface area (Å²) in [5, 5.41) is 5.63. The number of nitrogens with zero attached hydrogens (tertiary/aromatic N) is 2. The minimum Gasteiger partial charge on any atom is -0.443 e. The topological polar surface area (TPSA) is 67.9 Å². The molecule has 0 saturated carbocycles. The standard InChI is InChI=1S/C23H27F2N3O2/c1-4-16-7-5-8-17(13-16)23(11-6-12-26)28(22(29)15(2)3)27-21(30-23)19-14-18(24)9-10-20(19)25/h5,7-10,13-15H,4,6,11-12,26H2,1-3H3. The van der Waals surface area contributed by atoms with Crippen LogP contribution >= 0.6 is 0 Å². The Balaban J connectivity index is 2.18. The van der Waals surface area contributed by atoms with Crippen LogP contribution in [-0.4, -0.2) is 23.4 Å². The predicted octanol–water partition coefficient (Wildman–Crippen LogP) is 4.30. The van der Waals surface area contributed by atoms with Gasteiger partial charge in [-0.2, -0.15) is 5.01 Å². The molecule has 2 aromatic carbocycles. The summed E-state index contributed by atoms with van der Waals surface area (Å²) in [6.07, 6.45) is 1.71. The molecule has 1 aliphatic rings. The highest BCUT2D eigenvalue weighted by Crippen LogP contribution is 2.42. The monoisotopic (exact) mass is 415 g/mol. The van der Waals surface area contributed by atoms with Gasteiger partial charge in [0, 0.05) is 17.9 Å². The van der Waals surface area contributed by atoms with Gasteiger partial charge in [0.2, 0.25) is 17.5 Å². The molecule has 0 aromatic heterocycles. The molecule has 1 aliphatic heterocycles. The molecule has 30 heavy (non-hydrogen) atoms. The number of rotatable bonds is 7. The first-order chi connectivity index (χ1) is 14.3. The zero-order chi connectivity index (χ0) is 21.9.